The number of benzene rings is 1. The van der Waals surface area contributed by atoms with Gasteiger partial charge in [-0.25, -0.2) is 0 Å². The molecule has 0 unspecified atom stereocenters. The van der Waals surface area contributed by atoms with Gasteiger partial charge in [0.1, 0.15) is 0 Å². The molecule has 0 bridgehead atoms. The first-order valence-corrected chi connectivity index (χ1v) is 4.48. The minimum absolute atomic E-state index is 0. The van der Waals surface area contributed by atoms with Crippen LogP contribution in [0.3, 0.4) is 0 Å². The Morgan fingerprint density at radius 1 is 1.17 bits per heavy atom. The Labute approximate surface area is 90.7 Å². The predicted molar refractivity (Wildman–Crippen MR) is 41.0 cm³/mol. The fourth-order valence-corrected chi connectivity index (χ4v) is 1.19. The summed E-state index contributed by atoms with van der Waals surface area (Å²) < 4.78 is 29.6. The van der Waals surface area contributed by atoms with Gasteiger partial charge >= 0.3 is 0 Å². The van der Waals surface area contributed by atoms with Crippen molar-refractivity contribution >= 4 is 10.1 Å². The molecule has 3 nitrogen and oxygen atoms in total. The molecule has 12 heavy (non-hydrogen) atoms. The van der Waals surface area contributed by atoms with Crippen molar-refractivity contribution in [2.45, 2.75) is 11.8 Å². The van der Waals surface area contributed by atoms with Gasteiger partial charge < -0.3 is 0 Å². The topological polar surface area (TPSA) is 54.4 Å². The molecule has 0 aliphatic heterocycles. The summed E-state index contributed by atoms with van der Waals surface area (Å²) in [4.78, 5) is -0.0666. The van der Waals surface area contributed by atoms with Crippen LogP contribution >= 0.6 is 0 Å². The van der Waals surface area contributed by atoms with Crippen LogP contribution in [0.15, 0.2) is 29.2 Å². The summed E-state index contributed by atoms with van der Waals surface area (Å²) in [6, 6.07) is 5.99. The van der Waals surface area contributed by atoms with Crippen LogP contribution in [0.2, 0.25) is 0 Å². The third-order valence-electron chi connectivity index (χ3n) is 1.32. The number of hydrogen-bond acceptors (Lipinski definition) is 2. The van der Waals surface area contributed by atoms with E-state index in [2.05, 4.69) is 0 Å². The van der Waals surface area contributed by atoms with E-state index in [-0.39, 0.29) is 31.1 Å². The summed E-state index contributed by atoms with van der Waals surface area (Å²) in [6.45, 7) is 1.84. The van der Waals surface area contributed by atoms with E-state index in [0.717, 1.165) is 5.56 Å². The quantitative estimate of drug-likeness (QED) is 0.776. The van der Waals surface area contributed by atoms with Crippen LogP contribution in [-0.4, -0.2) is 13.0 Å². The summed E-state index contributed by atoms with van der Waals surface area (Å²) >= 11 is 0. The van der Waals surface area contributed by atoms with Crippen LogP contribution in [0.25, 0.3) is 0 Å². The van der Waals surface area contributed by atoms with Crippen LogP contribution in [0, 0.1) is 6.92 Å². The molecule has 0 amide bonds. The van der Waals surface area contributed by atoms with Gasteiger partial charge in [0.2, 0.25) is 0 Å². The van der Waals surface area contributed by atoms with Crippen molar-refractivity contribution in [3.63, 3.8) is 0 Å². The summed E-state index contributed by atoms with van der Waals surface area (Å²) in [5.74, 6) is 0. The van der Waals surface area contributed by atoms with Crippen LogP contribution in [0.1, 0.15) is 5.56 Å². The summed E-state index contributed by atoms with van der Waals surface area (Å²) in [5.41, 5.74) is 0.956. The van der Waals surface area contributed by atoms with E-state index in [1.54, 1.807) is 12.1 Å². The summed E-state index contributed by atoms with van der Waals surface area (Å²) in [7, 11) is -4.02. The molecule has 0 aliphatic carbocycles. The van der Waals surface area contributed by atoms with Gasteiger partial charge in [-0.2, -0.15) is 8.42 Å². The van der Waals surface area contributed by atoms with Crippen LogP contribution in [-0.2, 0) is 36.3 Å². The average Bonchev–Trinajstić information content (AvgIpc) is 1.86. The molecule has 1 rings (SSSR count). The molecule has 5 heteroatoms. The predicted octanol–water partition coefficient (Wildman–Crippen LogP) is 1.24. The number of rotatable bonds is 1. The Bertz CT molecular complexity index is 341. The second-order valence-corrected chi connectivity index (χ2v) is 3.71. The molecule has 64 valence electrons. The fraction of sp³-hybridized carbons (Fsp3) is 0.143. The first kappa shape index (κ1) is 12.0. The van der Waals surface area contributed by atoms with Crippen molar-refractivity contribution in [3.8, 4) is 0 Å². The van der Waals surface area contributed by atoms with E-state index in [1.165, 1.54) is 12.1 Å². The van der Waals surface area contributed by atoms with Crippen molar-refractivity contribution in [1.29, 1.82) is 0 Å². The molecule has 0 saturated heterocycles. The van der Waals surface area contributed by atoms with E-state index < -0.39 is 10.1 Å². The largest absolute Gasteiger partial charge is 0.294 e. The average molecular weight is 263 g/mol. The third kappa shape index (κ3) is 3.17. The zero-order valence-electron chi connectivity index (χ0n) is 6.48. The smallest absolute Gasteiger partial charge is 0.282 e. The van der Waals surface area contributed by atoms with Gasteiger partial charge in [0.05, 0.1) is 4.90 Å². The molecule has 0 radical (unpaired) electrons. The zero-order chi connectivity index (χ0) is 8.48. The van der Waals surface area contributed by atoms with Crippen molar-refractivity contribution < 1.29 is 39.2 Å². The first-order chi connectivity index (χ1) is 5.00. The van der Waals surface area contributed by atoms with Gasteiger partial charge in [-0.1, -0.05) is 17.7 Å². The molecule has 0 aromatic heterocycles. The maximum atomic E-state index is 10.5. The van der Waals surface area contributed by atoms with Crippen LogP contribution in [0.5, 0.6) is 0 Å². The van der Waals surface area contributed by atoms with Gasteiger partial charge in [-0.15, -0.1) is 0 Å². The Morgan fingerprint density at radius 3 is 1.92 bits per heavy atom. The standard InChI is InChI=1S/C7H8O3S.Zr/c1-6-2-4-7(5-3-6)11(8,9)10;/h2-5H,1H3,(H,8,9,10);. The molecule has 0 saturated carbocycles. The van der Waals surface area contributed by atoms with Gasteiger partial charge in [0.15, 0.2) is 0 Å². The van der Waals surface area contributed by atoms with Crippen molar-refractivity contribution in [3.05, 3.63) is 29.8 Å². The van der Waals surface area contributed by atoms with Crippen molar-refractivity contribution in [1.82, 2.24) is 0 Å². The Hall–Kier alpha value is 0.0131. The van der Waals surface area contributed by atoms with E-state index >= 15 is 0 Å². The molecular formula is C7H8O3SZr. The Kier molecular flexibility index (Phi) is 4.31. The second kappa shape index (κ2) is 4.31. The van der Waals surface area contributed by atoms with Crippen LogP contribution < -0.4 is 0 Å². The van der Waals surface area contributed by atoms with Gasteiger partial charge in [-0.3, -0.25) is 4.55 Å². The monoisotopic (exact) mass is 262 g/mol. The van der Waals surface area contributed by atoms with Gasteiger partial charge in [-0.05, 0) is 19.1 Å². The van der Waals surface area contributed by atoms with E-state index in [4.69, 9.17) is 4.55 Å². The first-order valence-electron chi connectivity index (χ1n) is 3.04. The normalized spacial score (nSPS) is 10.5. The van der Waals surface area contributed by atoms with E-state index in [0.29, 0.717) is 0 Å². The van der Waals surface area contributed by atoms with E-state index in [9.17, 15) is 8.42 Å². The van der Waals surface area contributed by atoms with E-state index in [1.807, 2.05) is 6.92 Å². The minimum atomic E-state index is -4.02. The van der Waals surface area contributed by atoms with Gasteiger partial charge in [0.25, 0.3) is 10.1 Å². The Morgan fingerprint density at radius 2 is 1.58 bits per heavy atom. The maximum Gasteiger partial charge on any atom is 0.294 e. The van der Waals surface area contributed by atoms with Crippen molar-refractivity contribution in [2.75, 3.05) is 0 Å². The molecule has 0 heterocycles. The number of hydrogen-bond donors (Lipinski definition) is 1. The number of aryl methyl sites for hydroxylation is 1. The SMILES string of the molecule is Cc1ccc(S(=O)(=O)O)cc1.[Zr]. The summed E-state index contributed by atoms with van der Waals surface area (Å²) in [6.07, 6.45) is 0. The molecule has 0 aliphatic rings. The van der Waals surface area contributed by atoms with Crippen molar-refractivity contribution in [2.24, 2.45) is 0 Å². The fourth-order valence-electron chi connectivity index (χ4n) is 0.710. The molecule has 1 N–H and O–H groups in total. The second-order valence-electron chi connectivity index (χ2n) is 2.29. The molecule has 0 spiro atoms. The van der Waals surface area contributed by atoms with Crippen LogP contribution in [0.4, 0.5) is 0 Å². The van der Waals surface area contributed by atoms with Gasteiger partial charge in [0, 0.05) is 26.2 Å². The molecule has 0 atom stereocenters. The maximum absolute atomic E-state index is 10.5. The molecule has 1 aromatic carbocycles. The molecular weight excluding hydrogens is 255 g/mol. The molecule has 1 aromatic rings. The summed E-state index contributed by atoms with van der Waals surface area (Å²) in [5, 5.41) is 0. The zero-order valence-corrected chi connectivity index (χ0v) is 9.76. The molecule has 0 fully saturated rings. The minimum Gasteiger partial charge on any atom is -0.282 e. The Balaban J connectivity index is 0.00000121. The third-order valence-corrected chi connectivity index (χ3v) is 2.19.